The first-order valence-electron chi connectivity index (χ1n) is 6.66. The number of carbonyl (C=O) groups excluding carboxylic acids is 2. The molecule has 0 saturated carbocycles. The average molecular weight is 278 g/mol. The summed E-state index contributed by atoms with van der Waals surface area (Å²) in [6.45, 7) is 10.8. The largest absolute Gasteiger partial charge is 0.462 e. The van der Waals surface area contributed by atoms with Gasteiger partial charge in [-0.05, 0) is 33.1 Å². The van der Waals surface area contributed by atoms with Crippen LogP contribution in [0.15, 0.2) is 36.5 Å². The molecule has 1 aliphatic rings. The predicted octanol–water partition coefficient (Wildman–Crippen LogP) is 2.95. The highest BCUT2D eigenvalue weighted by molar-refractivity contribution is 5.87. The summed E-state index contributed by atoms with van der Waals surface area (Å²) >= 11 is 0. The van der Waals surface area contributed by atoms with Crippen molar-refractivity contribution in [3.63, 3.8) is 0 Å². The zero-order valence-electron chi connectivity index (χ0n) is 12.2. The van der Waals surface area contributed by atoms with E-state index in [1.165, 1.54) is 0 Å². The Kier molecular flexibility index (Phi) is 5.74. The molecule has 1 aliphatic carbocycles. The molecule has 0 amide bonds. The molecule has 0 fully saturated rings. The number of hydrogen-bond acceptors (Lipinski definition) is 4. The van der Waals surface area contributed by atoms with Crippen LogP contribution in [-0.2, 0) is 19.1 Å². The van der Waals surface area contributed by atoms with Crippen molar-refractivity contribution in [1.82, 2.24) is 0 Å². The van der Waals surface area contributed by atoms with E-state index in [-0.39, 0.29) is 18.6 Å². The van der Waals surface area contributed by atoms with E-state index in [0.717, 1.165) is 19.3 Å². The lowest BCUT2D eigenvalue weighted by Gasteiger charge is -2.33. The highest BCUT2D eigenvalue weighted by Crippen LogP contribution is 2.34. The van der Waals surface area contributed by atoms with Crippen LogP contribution in [-0.4, -0.2) is 25.2 Å². The van der Waals surface area contributed by atoms with Gasteiger partial charge >= 0.3 is 11.9 Å². The van der Waals surface area contributed by atoms with E-state index in [2.05, 4.69) is 19.2 Å². The molecule has 1 rings (SSSR count). The molecule has 0 atom stereocenters. The van der Waals surface area contributed by atoms with Gasteiger partial charge in [0.15, 0.2) is 0 Å². The molecule has 4 nitrogen and oxygen atoms in total. The van der Waals surface area contributed by atoms with Crippen LogP contribution in [0.4, 0.5) is 0 Å². The zero-order chi connectivity index (χ0) is 15.2. The molecule has 20 heavy (non-hydrogen) atoms. The fourth-order valence-electron chi connectivity index (χ4n) is 1.93. The van der Waals surface area contributed by atoms with Gasteiger partial charge in [-0.15, -0.1) is 0 Å². The highest BCUT2D eigenvalue weighted by Gasteiger charge is 2.33. The molecule has 0 spiro atoms. The standard InChI is InChI=1S/C16H22O4/c1-12(2)14(17)19-10-16(8-6-5-7-9-16)11-20-15(18)13(3)4/h5-6H,1,3,7-11H2,2,4H3. The Morgan fingerprint density at radius 1 is 1.05 bits per heavy atom. The summed E-state index contributed by atoms with van der Waals surface area (Å²) in [5.74, 6) is -0.824. The number of allylic oxidation sites excluding steroid dienone is 2. The van der Waals surface area contributed by atoms with Crippen LogP contribution in [0.25, 0.3) is 0 Å². The second-order valence-corrected chi connectivity index (χ2v) is 5.43. The summed E-state index contributed by atoms with van der Waals surface area (Å²) in [4.78, 5) is 23.0. The molecular formula is C16H22O4. The van der Waals surface area contributed by atoms with Crippen LogP contribution >= 0.6 is 0 Å². The summed E-state index contributed by atoms with van der Waals surface area (Å²) in [6, 6.07) is 0. The zero-order valence-corrected chi connectivity index (χ0v) is 12.2. The lowest BCUT2D eigenvalue weighted by Crippen LogP contribution is -2.35. The minimum atomic E-state index is -0.412. The molecule has 4 heteroatoms. The van der Waals surface area contributed by atoms with Gasteiger partial charge in [0.1, 0.15) is 13.2 Å². The summed E-state index contributed by atoms with van der Waals surface area (Å²) in [5.41, 5.74) is 0.390. The van der Waals surface area contributed by atoms with Crippen molar-refractivity contribution in [2.24, 2.45) is 5.41 Å². The molecule has 0 bridgehead atoms. The van der Waals surface area contributed by atoms with Crippen molar-refractivity contribution in [3.05, 3.63) is 36.5 Å². The molecule has 0 aromatic heterocycles. The smallest absolute Gasteiger partial charge is 0.333 e. The van der Waals surface area contributed by atoms with Crippen LogP contribution in [0.2, 0.25) is 0 Å². The van der Waals surface area contributed by atoms with Crippen molar-refractivity contribution >= 4 is 11.9 Å². The molecular weight excluding hydrogens is 256 g/mol. The normalized spacial score (nSPS) is 16.3. The van der Waals surface area contributed by atoms with Gasteiger partial charge < -0.3 is 9.47 Å². The Morgan fingerprint density at radius 2 is 1.55 bits per heavy atom. The minimum absolute atomic E-state index is 0.229. The Balaban J connectivity index is 2.64. The van der Waals surface area contributed by atoms with Crippen molar-refractivity contribution in [2.75, 3.05) is 13.2 Å². The van der Waals surface area contributed by atoms with E-state index < -0.39 is 11.9 Å². The molecule has 0 radical (unpaired) electrons. The topological polar surface area (TPSA) is 52.6 Å². The summed E-state index contributed by atoms with van der Waals surface area (Å²) in [6.07, 6.45) is 6.54. The minimum Gasteiger partial charge on any atom is -0.462 e. The van der Waals surface area contributed by atoms with Crippen LogP contribution < -0.4 is 0 Å². The summed E-state index contributed by atoms with van der Waals surface area (Å²) in [7, 11) is 0. The first-order chi connectivity index (χ1) is 9.36. The van der Waals surface area contributed by atoms with Crippen LogP contribution in [0.5, 0.6) is 0 Å². The fourth-order valence-corrected chi connectivity index (χ4v) is 1.93. The Bertz CT molecular complexity index is 415. The number of esters is 2. The molecule has 0 aromatic rings. The third-order valence-electron chi connectivity index (χ3n) is 3.27. The van der Waals surface area contributed by atoms with Gasteiger partial charge in [0.2, 0.25) is 0 Å². The van der Waals surface area contributed by atoms with Crippen LogP contribution in [0.3, 0.4) is 0 Å². The number of hydrogen-bond donors (Lipinski definition) is 0. The van der Waals surface area contributed by atoms with Crippen molar-refractivity contribution in [1.29, 1.82) is 0 Å². The molecule has 0 N–H and O–H groups in total. The summed E-state index contributed by atoms with van der Waals surface area (Å²) < 4.78 is 10.5. The highest BCUT2D eigenvalue weighted by atomic mass is 16.5. The second-order valence-electron chi connectivity index (χ2n) is 5.43. The molecule has 0 unspecified atom stereocenters. The fraction of sp³-hybridized carbons (Fsp3) is 0.500. The van der Waals surface area contributed by atoms with Crippen molar-refractivity contribution < 1.29 is 19.1 Å². The SMILES string of the molecule is C=C(C)C(=O)OCC1(COC(=O)C(=C)C)CC=CCC1. The van der Waals surface area contributed by atoms with Crippen molar-refractivity contribution in [2.45, 2.75) is 33.1 Å². The molecule has 0 heterocycles. The van der Waals surface area contributed by atoms with Crippen LogP contribution in [0, 0.1) is 5.41 Å². The quantitative estimate of drug-likeness (QED) is 0.426. The first kappa shape index (κ1) is 16.2. The lowest BCUT2D eigenvalue weighted by atomic mass is 9.78. The van der Waals surface area contributed by atoms with E-state index in [4.69, 9.17) is 9.47 Å². The number of ether oxygens (including phenoxy) is 2. The monoisotopic (exact) mass is 278 g/mol. The third kappa shape index (κ3) is 4.68. The average Bonchev–Trinajstić information content (AvgIpc) is 2.43. The molecule has 0 aromatic carbocycles. The third-order valence-corrected chi connectivity index (χ3v) is 3.27. The van der Waals surface area contributed by atoms with E-state index in [9.17, 15) is 9.59 Å². The number of carbonyl (C=O) groups is 2. The second kappa shape index (κ2) is 7.08. The van der Waals surface area contributed by atoms with Gasteiger partial charge in [0.05, 0.1) is 0 Å². The van der Waals surface area contributed by atoms with Gasteiger partial charge in [0, 0.05) is 16.6 Å². The van der Waals surface area contributed by atoms with Gasteiger partial charge in [-0.25, -0.2) is 9.59 Å². The van der Waals surface area contributed by atoms with E-state index >= 15 is 0 Å². The van der Waals surface area contributed by atoms with Crippen LogP contribution in [0.1, 0.15) is 33.1 Å². The van der Waals surface area contributed by atoms with E-state index in [1.54, 1.807) is 13.8 Å². The first-order valence-corrected chi connectivity index (χ1v) is 6.66. The van der Waals surface area contributed by atoms with Gasteiger partial charge in [-0.3, -0.25) is 0 Å². The van der Waals surface area contributed by atoms with E-state index in [0.29, 0.717) is 11.1 Å². The Morgan fingerprint density at radius 3 is 1.90 bits per heavy atom. The maximum absolute atomic E-state index is 11.5. The van der Waals surface area contributed by atoms with Gasteiger partial charge in [-0.2, -0.15) is 0 Å². The Hall–Kier alpha value is -1.84. The number of rotatable bonds is 6. The Labute approximate surface area is 120 Å². The molecule has 110 valence electrons. The predicted molar refractivity (Wildman–Crippen MR) is 77.0 cm³/mol. The maximum atomic E-state index is 11.5. The molecule has 0 aliphatic heterocycles. The van der Waals surface area contributed by atoms with Gasteiger partial charge in [-0.1, -0.05) is 25.3 Å². The maximum Gasteiger partial charge on any atom is 0.333 e. The van der Waals surface area contributed by atoms with Gasteiger partial charge in [0.25, 0.3) is 0 Å². The van der Waals surface area contributed by atoms with Crippen molar-refractivity contribution in [3.8, 4) is 0 Å². The van der Waals surface area contributed by atoms with E-state index in [1.807, 2.05) is 6.08 Å². The molecule has 0 saturated heterocycles. The summed E-state index contributed by atoms with van der Waals surface area (Å²) in [5, 5.41) is 0. The lowest BCUT2D eigenvalue weighted by molar-refractivity contribution is -0.149.